The summed E-state index contributed by atoms with van der Waals surface area (Å²) in [5.41, 5.74) is 2.05. The molecule has 170 valence electrons. The van der Waals surface area contributed by atoms with Crippen LogP contribution in [0.3, 0.4) is 0 Å². The van der Waals surface area contributed by atoms with Gasteiger partial charge in [-0.15, -0.1) is 24.0 Å². The molecule has 0 aliphatic carbocycles. The SMILES string of the molecule is CN=C(NCCc1cn2ccccc2n1)N1CCN(C(C)C(=O)N2CCCC2)CC1.I. The van der Waals surface area contributed by atoms with Gasteiger partial charge in [0.15, 0.2) is 5.96 Å². The molecule has 1 amide bonds. The number of amides is 1. The lowest BCUT2D eigenvalue weighted by Gasteiger charge is -2.39. The maximum Gasteiger partial charge on any atom is 0.239 e. The Morgan fingerprint density at radius 2 is 1.87 bits per heavy atom. The molecule has 1 unspecified atom stereocenters. The first-order chi connectivity index (χ1) is 14.7. The van der Waals surface area contributed by atoms with E-state index in [0.717, 1.165) is 82.4 Å². The lowest BCUT2D eigenvalue weighted by Crippen LogP contribution is -2.57. The van der Waals surface area contributed by atoms with Crippen molar-refractivity contribution in [3.05, 3.63) is 36.3 Å². The van der Waals surface area contributed by atoms with E-state index in [0.29, 0.717) is 0 Å². The molecule has 0 saturated carbocycles. The smallest absolute Gasteiger partial charge is 0.239 e. The van der Waals surface area contributed by atoms with Gasteiger partial charge in [-0.05, 0) is 31.9 Å². The second-order valence-electron chi connectivity index (χ2n) is 8.15. The molecule has 2 aromatic rings. The van der Waals surface area contributed by atoms with Crippen LogP contribution in [0.4, 0.5) is 0 Å². The van der Waals surface area contributed by atoms with E-state index < -0.39 is 0 Å². The Bertz CT molecular complexity index is 852. The maximum atomic E-state index is 12.7. The Morgan fingerprint density at radius 1 is 1.13 bits per heavy atom. The molecule has 4 heterocycles. The van der Waals surface area contributed by atoms with E-state index >= 15 is 0 Å². The number of likely N-dealkylation sites (tertiary alicyclic amines) is 1. The molecule has 2 aliphatic heterocycles. The standard InChI is InChI=1S/C22H33N7O.HI/c1-18(21(30)27-10-5-6-11-27)26-13-15-28(16-14-26)22(23-2)24-9-8-19-17-29-12-4-3-7-20(29)25-19;/h3-4,7,12,17-18H,5-6,8-11,13-16H2,1-2H3,(H,23,24);1H. The van der Waals surface area contributed by atoms with Crippen molar-refractivity contribution in [2.24, 2.45) is 4.99 Å². The summed E-state index contributed by atoms with van der Waals surface area (Å²) >= 11 is 0. The molecule has 0 spiro atoms. The van der Waals surface area contributed by atoms with Gasteiger partial charge in [0, 0.05) is 71.7 Å². The third-order valence-corrected chi connectivity index (χ3v) is 6.23. The largest absolute Gasteiger partial charge is 0.356 e. The normalized spacial score (nSPS) is 18.8. The van der Waals surface area contributed by atoms with Crippen LogP contribution in [-0.2, 0) is 11.2 Å². The number of pyridine rings is 1. The van der Waals surface area contributed by atoms with E-state index in [1.807, 2.05) is 40.7 Å². The molecule has 2 aromatic heterocycles. The lowest BCUT2D eigenvalue weighted by atomic mass is 10.2. The Hall–Kier alpha value is -1.88. The Balaban J connectivity index is 0.00000272. The van der Waals surface area contributed by atoms with E-state index in [4.69, 9.17) is 0 Å². The number of rotatable bonds is 5. The van der Waals surface area contributed by atoms with Gasteiger partial charge >= 0.3 is 0 Å². The number of carbonyl (C=O) groups excluding carboxylic acids is 1. The van der Waals surface area contributed by atoms with Gasteiger partial charge in [0.05, 0.1) is 11.7 Å². The Labute approximate surface area is 201 Å². The van der Waals surface area contributed by atoms with Gasteiger partial charge in [0.25, 0.3) is 0 Å². The summed E-state index contributed by atoms with van der Waals surface area (Å²) in [5.74, 6) is 1.22. The average Bonchev–Trinajstić information content (AvgIpc) is 3.45. The van der Waals surface area contributed by atoms with Gasteiger partial charge in [-0.1, -0.05) is 6.07 Å². The molecule has 8 nitrogen and oxygen atoms in total. The maximum absolute atomic E-state index is 12.7. The summed E-state index contributed by atoms with van der Waals surface area (Å²) < 4.78 is 2.05. The van der Waals surface area contributed by atoms with E-state index in [9.17, 15) is 4.79 Å². The number of aromatic nitrogens is 2. The highest BCUT2D eigenvalue weighted by Crippen LogP contribution is 2.14. The van der Waals surface area contributed by atoms with Crippen LogP contribution in [0, 0.1) is 0 Å². The summed E-state index contributed by atoms with van der Waals surface area (Å²) in [6.45, 7) is 8.22. The molecular formula is C22H34IN7O. The van der Waals surface area contributed by atoms with Crippen molar-refractivity contribution in [2.75, 3.05) is 52.9 Å². The van der Waals surface area contributed by atoms with Gasteiger partial charge in [0.1, 0.15) is 5.65 Å². The van der Waals surface area contributed by atoms with Crippen LogP contribution < -0.4 is 5.32 Å². The minimum atomic E-state index is -0.0322. The number of hydrogen-bond donors (Lipinski definition) is 1. The number of nitrogens with zero attached hydrogens (tertiary/aromatic N) is 6. The van der Waals surface area contributed by atoms with Crippen molar-refractivity contribution < 1.29 is 4.79 Å². The second-order valence-corrected chi connectivity index (χ2v) is 8.15. The minimum Gasteiger partial charge on any atom is -0.356 e. The molecular weight excluding hydrogens is 505 g/mol. The molecule has 31 heavy (non-hydrogen) atoms. The molecule has 2 saturated heterocycles. The molecule has 9 heteroatoms. The first-order valence-electron chi connectivity index (χ1n) is 11.1. The zero-order valence-electron chi connectivity index (χ0n) is 18.5. The fourth-order valence-electron chi connectivity index (χ4n) is 4.42. The van der Waals surface area contributed by atoms with Crippen molar-refractivity contribution in [2.45, 2.75) is 32.2 Å². The fourth-order valence-corrected chi connectivity index (χ4v) is 4.42. The number of nitrogens with one attached hydrogen (secondary N) is 1. The van der Waals surface area contributed by atoms with Crippen LogP contribution in [0.1, 0.15) is 25.5 Å². The number of imidazole rings is 1. The van der Waals surface area contributed by atoms with Crippen molar-refractivity contribution in [1.82, 2.24) is 29.4 Å². The number of halogens is 1. The summed E-state index contributed by atoms with van der Waals surface area (Å²) in [7, 11) is 1.83. The van der Waals surface area contributed by atoms with E-state index in [2.05, 4.69) is 38.2 Å². The van der Waals surface area contributed by atoms with E-state index in [1.54, 1.807) is 0 Å². The van der Waals surface area contributed by atoms with Gasteiger partial charge in [0.2, 0.25) is 5.91 Å². The number of carbonyl (C=O) groups is 1. The van der Waals surface area contributed by atoms with Crippen molar-refractivity contribution in [3.8, 4) is 0 Å². The van der Waals surface area contributed by atoms with Crippen LogP contribution in [-0.4, -0.2) is 94.9 Å². The predicted octanol–water partition coefficient (Wildman–Crippen LogP) is 1.70. The summed E-state index contributed by atoms with van der Waals surface area (Å²) in [4.78, 5) is 28.4. The Morgan fingerprint density at radius 3 is 2.55 bits per heavy atom. The zero-order chi connectivity index (χ0) is 20.9. The third-order valence-electron chi connectivity index (χ3n) is 6.23. The monoisotopic (exact) mass is 539 g/mol. The predicted molar refractivity (Wildman–Crippen MR) is 134 cm³/mol. The minimum absolute atomic E-state index is 0. The first-order valence-corrected chi connectivity index (χ1v) is 11.1. The first kappa shape index (κ1) is 23.8. The topological polar surface area (TPSA) is 68.5 Å². The zero-order valence-corrected chi connectivity index (χ0v) is 20.9. The molecule has 2 fully saturated rings. The molecule has 2 aliphatic rings. The van der Waals surface area contributed by atoms with Crippen molar-refractivity contribution >= 4 is 41.5 Å². The molecule has 0 aromatic carbocycles. The van der Waals surface area contributed by atoms with Gasteiger partial charge in [-0.2, -0.15) is 0 Å². The highest BCUT2D eigenvalue weighted by Gasteiger charge is 2.30. The van der Waals surface area contributed by atoms with Crippen LogP contribution in [0.25, 0.3) is 5.65 Å². The summed E-state index contributed by atoms with van der Waals surface area (Å²) in [6, 6.07) is 6.00. The van der Waals surface area contributed by atoms with Gasteiger partial charge in [-0.3, -0.25) is 14.7 Å². The Kier molecular flexibility index (Phi) is 8.53. The number of hydrogen-bond acceptors (Lipinski definition) is 4. The number of guanidine groups is 1. The average molecular weight is 539 g/mol. The van der Waals surface area contributed by atoms with Crippen LogP contribution in [0.15, 0.2) is 35.6 Å². The molecule has 1 atom stereocenters. The number of fused-ring (bicyclic) bond motifs is 1. The highest BCUT2D eigenvalue weighted by molar-refractivity contribution is 14.0. The van der Waals surface area contributed by atoms with Crippen LogP contribution in [0.2, 0.25) is 0 Å². The molecule has 4 rings (SSSR count). The molecule has 0 radical (unpaired) electrons. The third kappa shape index (κ3) is 5.68. The van der Waals surface area contributed by atoms with Crippen molar-refractivity contribution in [3.63, 3.8) is 0 Å². The van der Waals surface area contributed by atoms with Gasteiger partial charge < -0.3 is 19.5 Å². The number of aliphatic imine (C=N–C) groups is 1. The second kappa shape index (κ2) is 11.1. The van der Waals surface area contributed by atoms with Gasteiger partial charge in [-0.25, -0.2) is 4.98 Å². The summed E-state index contributed by atoms with van der Waals surface area (Å²) in [5, 5.41) is 3.48. The fraction of sp³-hybridized carbons (Fsp3) is 0.591. The lowest BCUT2D eigenvalue weighted by molar-refractivity contribution is -0.135. The van der Waals surface area contributed by atoms with Crippen LogP contribution >= 0.6 is 24.0 Å². The highest BCUT2D eigenvalue weighted by atomic mass is 127. The quantitative estimate of drug-likeness (QED) is 0.356. The molecule has 1 N–H and O–H groups in total. The number of piperazine rings is 1. The molecule has 0 bridgehead atoms. The van der Waals surface area contributed by atoms with Crippen LogP contribution in [0.5, 0.6) is 0 Å². The van der Waals surface area contributed by atoms with E-state index in [-0.39, 0.29) is 35.9 Å². The van der Waals surface area contributed by atoms with Crippen molar-refractivity contribution in [1.29, 1.82) is 0 Å². The van der Waals surface area contributed by atoms with E-state index in [1.165, 1.54) is 0 Å². The summed E-state index contributed by atoms with van der Waals surface area (Å²) in [6.07, 6.45) is 7.23.